The van der Waals surface area contributed by atoms with Gasteiger partial charge in [0.1, 0.15) is 13.8 Å². The first-order chi connectivity index (χ1) is 5.04. The van der Waals surface area contributed by atoms with Crippen LogP contribution in [0.4, 0.5) is 0 Å². The van der Waals surface area contributed by atoms with E-state index in [1.54, 1.807) is 0 Å². The lowest BCUT2D eigenvalue weighted by Gasteiger charge is -2.34. The molecule has 1 heterocycles. The third kappa shape index (κ3) is 1.80. The van der Waals surface area contributed by atoms with Gasteiger partial charge in [0.2, 0.25) is 0 Å². The van der Waals surface area contributed by atoms with Gasteiger partial charge in [-0.1, -0.05) is 13.8 Å². The van der Waals surface area contributed by atoms with E-state index in [1.165, 1.54) is 6.42 Å². The summed E-state index contributed by atoms with van der Waals surface area (Å²) in [5.74, 6) is 0. The molecule has 0 aromatic carbocycles. The zero-order valence-corrected chi connectivity index (χ0v) is 7.85. The van der Waals surface area contributed by atoms with Gasteiger partial charge in [-0.3, -0.25) is 0 Å². The molecule has 1 saturated heterocycles. The van der Waals surface area contributed by atoms with Gasteiger partial charge in [0, 0.05) is 24.9 Å². The van der Waals surface area contributed by atoms with Crippen molar-refractivity contribution in [1.82, 2.24) is 5.32 Å². The zero-order valence-electron chi connectivity index (χ0n) is 7.85. The van der Waals surface area contributed by atoms with Crippen LogP contribution in [0.25, 0.3) is 0 Å². The number of piperidine rings is 1. The summed E-state index contributed by atoms with van der Waals surface area (Å²) in [4.78, 5) is 0. The van der Waals surface area contributed by atoms with E-state index in [4.69, 9.17) is 0 Å². The monoisotopic (exact) mass is 155 g/mol. The van der Waals surface area contributed by atoms with E-state index in [-0.39, 0.29) is 0 Å². The molecule has 1 fully saturated rings. The maximum absolute atomic E-state index is 3.96. The van der Waals surface area contributed by atoms with Crippen molar-refractivity contribution in [2.45, 2.75) is 26.3 Å². The first-order valence-corrected chi connectivity index (χ1v) is 4.28. The van der Waals surface area contributed by atoms with E-state index in [0.717, 1.165) is 13.1 Å². The highest BCUT2D eigenvalue weighted by atomic mass is 15.0. The largest absolute Gasteiger partial charge is 0.316 e. The van der Waals surface area contributed by atoms with Crippen LogP contribution in [0.2, 0.25) is 0 Å². The first-order valence-electron chi connectivity index (χ1n) is 4.28. The van der Waals surface area contributed by atoms with Gasteiger partial charge in [-0.15, -0.1) is 0 Å². The Labute approximate surface area is 69.3 Å². The second-order valence-electron chi connectivity index (χ2n) is 4.23. The van der Waals surface area contributed by atoms with Crippen molar-refractivity contribution >= 4 is 6.72 Å². The topological polar surface area (TPSA) is 15.0 Å². The molecule has 0 saturated carbocycles. The van der Waals surface area contributed by atoms with Crippen LogP contribution in [0.15, 0.2) is 0 Å². The highest BCUT2D eigenvalue weighted by molar-refractivity contribution is 5.15. The number of hydrogen-bond acceptors (Lipinski definition) is 1. The molecule has 0 amide bonds. The van der Waals surface area contributed by atoms with Crippen LogP contribution in [0, 0.1) is 5.41 Å². The van der Waals surface area contributed by atoms with Crippen LogP contribution in [-0.2, 0) is 0 Å². The van der Waals surface area contributed by atoms with Gasteiger partial charge in [-0.05, 0) is 0 Å². The summed E-state index contributed by atoms with van der Waals surface area (Å²) in [6, 6.07) is 0.628. The highest BCUT2D eigenvalue weighted by Crippen LogP contribution is 2.26. The minimum Gasteiger partial charge on any atom is -0.316 e. The number of nitrogens with zero attached hydrogens (tertiary/aromatic N) is 1. The molecule has 0 radical (unpaired) electrons. The van der Waals surface area contributed by atoms with Crippen molar-refractivity contribution in [3.8, 4) is 0 Å². The molecule has 0 aromatic rings. The molecule has 1 atom stereocenters. The molecule has 1 unspecified atom stereocenters. The quantitative estimate of drug-likeness (QED) is 0.435. The van der Waals surface area contributed by atoms with Crippen LogP contribution in [0.5, 0.6) is 0 Å². The fraction of sp³-hybridized carbons (Fsp3) is 0.889. The van der Waals surface area contributed by atoms with E-state index in [1.807, 2.05) is 0 Å². The van der Waals surface area contributed by atoms with Crippen LogP contribution < -0.4 is 5.32 Å². The molecule has 1 N–H and O–H groups in total. The van der Waals surface area contributed by atoms with Crippen LogP contribution in [0.3, 0.4) is 0 Å². The summed E-state index contributed by atoms with van der Waals surface area (Å²) >= 11 is 0. The molecule has 11 heavy (non-hydrogen) atoms. The van der Waals surface area contributed by atoms with Crippen molar-refractivity contribution in [2.75, 3.05) is 20.1 Å². The minimum absolute atomic E-state index is 0.370. The molecule has 1 aliphatic rings. The summed E-state index contributed by atoms with van der Waals surface area (Å²) in [7, 11) is 2.07. The lowest BCUT2D eigenvalue weighted by molar-refractivity contribution is -0.550. The third-order valence-electron chi connectivity index (χ3n) is 2.61. The number of nitrogens with one attached hydrogen (secondary N) is 1. The average Bonchev–Trinajstić information content (AvgIpc) is 1.85. The summed E-state index contributed by atoms with van der Waals surface area (Å²) in [6.45, 7) is 10.8. The van der Waals surface area contributed by atoms with E-state index < -0.39 is 0 Å². The molecule has 0 spiro atoms. The zero-order chi connectivity index (χ0) is 8.48. The Morgan fingerprint density at radius 1 is 1.55 bits per heavy atom. The van der Waals surface area contributed by atoms with Crippen LogP contribution >= 0.6 is 0 Å². The van der Waals surface area contributed by atoms with Gasteiger partial charge in [-0.2, -0.15) is 0 Å². The number of hydrogen-bond donors (Lipinski definition) is 1. The summed E-state index contributed by atoms with van der Waals surface area (Å²) in [5.41, 5.74) is 0.370. The SMILES string of the molecule is C=[N+](C)C1CCNCC1(C)C. The van der Waals surface area contributed by atoms with Crippen molar-refractivity contribution in [3.63, 3.8) is 0 Å². The first kappa shape index (κ1) is 8.72. The lowest BCUT2D eigenvalue weighted by atomic mass is 9.80. The van der Waals surface area contributed by atoms with E-state index >= 15 is 0 Å². The molecule has 0 bridgehead atoms. The van der Waals surface area contributed by atoms with Crippen LogP contribution in [-0.4, -0.2) is 37.5 Å². The fourth-order valence-corrected chi connectivity index (χ4v) is 1.97. The van der Waals surface area contributed by atoms with Gasteiger partial charge in [-0.25, -0.2) is 4.58 Å². The molecule has 1 aliphatic heterocycles. The van der Waals surface area contributed by atoms with Crippen LogP contribution in [0.1, 0.15) is 20.3 Å². The lowest BCUT2D eigenvalue weighted by Crippen LogP contribution is -2.50. The van der Waals surface area contributed by atoms with Crippen molar-refractivity contribution < 1.29 is 4.58 Å². The predicted octanol–water partition coefficient (Wildman–Crippen LogP) is 0.717. The minimum atomic E-state index is 0.370. The third-order valence-corrected chi connectivity index (χ3v) is 2.61. The van der Waals surface area contributed by atoms with Gasteiger partial charge in [0.15, 0.2) is 6.04 Å². The van der Waals surface area contributed by atoms with E-state index in [9.17, 15) is 0 Å². The van der Waals surface area contributed by atoms with Gasteiger partial charge >= 0.3 is 0 Å². The molecule has 1 rings (SSSR count). The van der Waals surface area contributed by atoms with Crippen molar-refractivity contribution in [2.24, 2.45) is 5.41 Å². The number of rotatable bonds is 1. The second-order valence-corrected chi connectivity index (χ2v) is 4.23. The molecule has 0 aromatic heterocycles. The Hall–Kier alpha value is -0.370. The summed E-state index contributed by atoms with van der Waals surface area (Å²) < 4.78 is 2.10. The standard InChI is InChI=1S/C9H19N2/c1-9(2)7-10-6-5-8(9)11(3)4/h8,10H,3,5-7H2,1-2,4H3/q+1. The molecule has 64 valence electrons. The highest BCUT2D eigenvalue weighted by Gasteiger charge is 2.37. The Morgan fingerprint density at radius 3 is 2.55 bits per heavy atom. The van der Waals surface area contributed by atoms with Gasteiger partial charge in [0.05, 0.1) is 0 Å². The van der Waals surface area contributed by atoms with E-state index in [2.05, 4.69) is 37.5 Å². The normalized spacial score (nSPS) is 29.9. The summed E-state index contributed by atoms with van der Waals surface area (Å²) in [6.07, 6.45) is 1.22. The molecule has 0 aliphatic carbocycles. The fourth-order valence-electron chi connectivity index (χ4n) is 1.97. The molecular formula is C9H19N2+. The molecular weight excluding hydrogens is 136 g/mol. The van der Waals surface area contributed by atoms with E-state index in [0.29, 0.717) is 11.5 Å². The maximum Gasteiger partial charge on any atom is 0.159 e. The summed E-state index contributed by atoms with van der Waals surface area (Å²) in [5, 5.41) is 3.41. The van der Waals surface area contributed by atoms with Gasteiger partial charge in [0.25, 0.3) is 0 Å². The van der Waals surface area contributed by atoms with Gasteiger partial charge < -0.3 is 5.32 Å². The average molecular weight is 155 g/mol. The smallest absolute Gasteiger partial charge is 0.159 e. The Bertz CT molecular complexity index is 161. The Morgan fingerprint density at radius 2 is 2.18 bits per heavy atom. The predicted molar refractivity (Wildman–Crippen MR) is 48.4 cm³/mol. The van der Waals surface area contributed by atoms with Crippen molar-refractivity contribution in [3.05, 3.63) is 0 Å². The second kappa shape index (κ2) is 2.94. The van der Waals surface area contributed by atoms with Crippen molar-refractivity contribution in [1.29, 1.82) is 0 Å². The maximum atomic E-state index is 3.96. The Kier molecular flexibility index (Phi) is 2.33. The Balaban J connectivity index is 2.67. The molecule has 2 heteroatoms. The molecule has 2 nitrogen and oxygen atoms in total.